The number of alkyl halides is 3. The average Bonchev–Trinajstić information content (AvgIpc) is 3.25. The molecular formula is C23H18F3N3O3. The molecule has 0 atom stereocenters. The molecular weight excluding hydrogens is 423 g/mol. The van der Waals surface area contributed by atoms with Crippen molar-refractivity contribution in [2.45, 2.75) is 19.2 Å². The SMILES string of the molecule is O=C1Nc2cc(OC(F)(F)F)ccc2Oc2ccc(-c3cccc(N4CCCC4)n3)cc21. The first kappa shape index (κ1) is 20.2. The molecule has 1 fully saturated rings. The third-order valence-corrected chi connectivity index (χ3v) is 5.34. The second kappa shape index (κ2) is 7.74. The lowest BCUT2D eigenvalue weighted by atomic mass is 10.1. The topological polar surface area (TPSA) is 63.7 Å². The van der Waals surface area contributed by atoms with Gasteiger partial charge in [-0.3, -0.25) is 4.79 Å². The van der Waals surface area contributed by atoms with Crippen LogP contribution in [-0.4, -0.2) is 30.3 Å². The second-order valence-electron chi connectivity index (χ2n) is 7.55. The van der Waals surface area contributed by atoms with Gasteiger partial charge in [0.15, 0.2) is 5.75 Å². The molecule has 3 aromatic rings. The zero-order valence-electron chi connectivity index (χ0n) is 16.8. The van der Waals surface area contributed by atoms with Crippen molar-refractivity contribution in [2.75, 3.05) is 23.3 Å². The number of carbonyl (C=O) groups excluding carboxylic acids is 1. The first-order valence-corrected chi connectivity index (χ1v) is 10.1. The van der Waals surface area contributed by atoms with Crippen molar-refractivity contribution in [1.29, 1.82) is 0 Å². The molecule has 0 radical (unpaired) electrons. The van der Waals surface area contributed by atoms with Crippen LogP contribution in [0.4, 0.5) is 24.7 Å². The first-order chi connectivity index (χ1) is 15.4. The standard InChI is InChI=1S/C23H18F3N3O3/c24-23(25,26)32-15-7-9-20-18(13-15)28-22(30)16-12-14(6-8-19(16)31-20)17-4-3-5-21(27-17)29-10-1-2-11-29/h3-9,12-13H,1-2,10-11H2,(H,28,30). The molecule has 5 rings (SSSR count). The van der Waals surface area contributed by atoms with Gasteiger partial charge >= 0.3 is 6.36 Å². The molecule has 0 unspecified atom stereocenters. The van der Waals surface area contributed by atoms with Crippen LogP contribution in [0.5, 0.6) is 17.2 Å². The maximum Gasteiger partial charge on any atom is 0.573 e. The lowest BCUT2D eigenvalue weighted by Gasteiger charge is -2.17. The van der Waals surface area contributed by atoms with E-state index in [1.54, 1.807) is 18.2 Å². The van der Waals surface area contributed by atoms with Gasteiger partial charge in [0.05, 0.1) is 16.9 Å². The fraction of sp³-hybridized carbons (Fsp3) is 0.217. The zero-order chi connectivity index (χ0) is 22.3. The van der Waals surface area contributed by atoms with Crippen LogP contribution in [0, 0.1) is 0 Å². The fourth-order valence-corrected chi connectivity index (χ4v) is 3.86. The molecule has 1 amide bonds. The number of amides is 1. The van der Waals surface area contributed by atoms with Gasteiger partial charge in [-0.25, -0.2) is 4.98 Å². The maximum absolute atomic E-state index is 12.8. The summed E-state index contributed by atoms with van der Waals surface area (Å²) in [5.41, 5.74) is 1.79. The lowest BCUT2D eigenvalue weighted by Crippen LogP contribution is -2.18. The molecule has 164 valence electrons. The number of carbonyl (C=O) groups is 1. The summed E-state index contributed by atoms with van der Waals surface area (Å²) in [6, 6.07) is 14.4. The fourth-order valence-electron chi connectivity index (χ4n) is 3.86. The predicted molar refractivity (Wildman–Crippen MR) is 112 cm³/mol. The van der Waals surface area contributed by atoms with Crippen molar-refractivity contribution < 1.29 is 27.4 Å². The molecule has 0 spiro atoms. The molecule has 2 aromatic carbocycles. The third kappa shape index (κ3) is 4.05. The summed E-state index contributed by atoms with van der Waals surface area (Å²) in [7, 11) is 0. The van der Waals surface area contributed by atoms with E-state index in [4.69, 9.17) is 9.72 Å². The molecule has 32 heavy (non-hydrogen) atoms. The summed E-state index contributed by atoms with van der Waals surface area (Å²) in [6.07, 6.45) is -2.56. The Hall–Kier alpha value is -3.75. The van der Waals surface area contributed by atoms with Gasteiger partial charge in [-0.2, -0.15) is 0 Å². The van der Waals surface area contributed by atoms with Crippen molar-refractivity contribution in [3.05, 3.63) is 60.2 Å². The number of hydrogen-bond donors (Lipinski definition) is 1. The minimum Gasteiger partial charge on any atom is -0.454 e. The van der Waals surface area contributed by atoms with Crippen LogP contribution in [0.25, 0.3) is 11.3 Å². The van der Waals surface area contributed by atoms with E-state index >= 15 is 0 Å². The minimum atomic E-state index is -4.84. The number of fused-ring (bicyclic) bond motifs is 2. The lowest BCUT2D eigenvalue weighted by molar-refractivity contribution is -0.274. The van der Waals surface area contributed by atoms with E-state index in [9.17, 15) is 18.0 Å². The zero-order valence-corrected chi connectivity index (χ0v) is 16.8. The largest absolute Gasteiger partial charge is 0.573 e. The smallest absolute Gasteiger partial charge is 0.454 e. The van der Waals surface area contributed by atoms with Crippen molar-refractivity contribution in [2.24, 2.45) is 0 Å². The van der Waals surface area contributed by atoms with Crippen molar-refractivity contribution in [3.63, 3.8) is 0 Å². The highest BCUT2D eigenvalue weighted by Gasteiger charge is 2.32. The number of halogens is 3. The van der Waals surface area contributed by atoms with Crippen LogP contribution in [-0.2, 0) is 0 Å². The van der Waals surface area contributed by atoms with Gasteiger partial charge in [0.2, 0.25) is 0 Å². The van der Waals surface area contributed by atoms with Gasteiger partial charge in [-0.05, 0) is 55.3 Å². The Kier molecular flexibility index (Phi) is 4.88. The van der Waals surface area contributed by atoms with E-state index in [0.29, 0.717) is 11.4 Å². The van der Waals surface area contributed by atoms with E-state index in [-0.39, 0.29) is 17.0 Å². The minimum absolute atomic E-state index is 0.0867. The van der Waals surface area contributed by atoms with Gasteiger partial charge in [-0.1, -0.05) is 6.07 Å². The third-order valence-electron chi connectivity index (χ3n) is 5.34. The summed E-state index contributed by atoms with van der Waals surface area (Å²) in [5.74, 6) is 0.453. The summed E-state index contributed by atoms with van der Waals surface area (Å²) in [6.45, 7) is 1.93. The van der Waals surface area contributed by atoms with Gasteiger partial charge in [0.25, 0.3) is 5.91 Å². The maximum atomic E-state index is 12.8. The number of pyridine rings is 1. The number of ether oxygens (including phenoxy) is 2. The quantitative estimate of drug-likeness (QED) is 0.573. The number of rotatable bonds is 3. The van der Waals surface area contributed by atoms with Crippen LogP contribution in [0.3, 0.4) is 0 Å². The molecule has 0 saturated carbocycles. The number of hydrogen-bond acceptors (Lipinski definition) is 5. The molecule has 1 saturated heterocycles. The first-order valence-electron chi connectivity index (χ1n) is 10.1. The molecule has 2 aliphatic heterocycles. The Morgan fingerprint density at radius 1 is 1.00 bits per heavy atom. The highest BCUT2D eigenvalue weighted by atomic mass is 19.4. The number of aromatic nitrogens is 1. The highest BCUT2D eigenvalue weighted by molar-refractivity contribution is 6.08. The van der Waals surface area contributed by atoms with Crippen LogP contribution < -0.4 is 19.7 Å². The summed E-state index contributed by atoms with van der Waals surface area (Å²) < 4.78 is 47.3. The van der Waals surface area contributed by atoms with E-state index in [2.05, 4.69) is 15.0 Å². The van der Waals surface area contributed by atoms with Crippen LogP contribution in [0.1, 0.15) is 23.2 Å². The van der Waals surface area contributed by atoms with Crippen molar-refractivity contribution in [3.8, 4) is 28.5 Å². The Labute approximate surface area is 181 Å². The van der Waals surface area contributed by atoms with Gasteiger partial charge in [0.1, 0.15) is 17.3 Å². The van der Waals surface area contributed by atoms with Crippen molar-refractivity contribution in [1.82, 2.24) is 4.98 Å². The monoisotopic (exact) mass is 441 g/mol. The molecule has 1 N–H and O–H groups in total. The molecule has 6 nitrogen and oxygen atoms in total. The summed E-state index contributed by atoms with van der Waals surface area (Å²) >= 11 is 0. The Morgan fingerprint density at radius 3 is 2.56 bits per heavy atom. The van der Waals surface area contributed by atoms with Crippen molar-refractivity contribution >= 4 is 17.4 Å². The molecule has 1 aromatic heterocycles. The van der Waals surface area contributed by atoms with Gasteiger partial charge in [0, 0.05) is 24.7 Å². The molecule has 9 heteroatoms. The van der Waals surface area contributed by atoms with Gasteiger partial charge in [-0.15, -0.1) is 13.2 Å². The summed E-state index contributed by atoms with van der Waals surface area (Å²) in [4.78, 5) is 19.8. The van der Waals surface area contributed by atoms with E-state index in [1.165, 1.54) is 6.07 Å². The molecule has 0 aliphatic carbocycles. The molecule has 2 aliphatic rings. The van der Waals surface area contributed by atoms with Gasteiger partial charge < -0.3 is 19.7 Å². The van der Waals surface area contributed by atoms with Crippen LogP contribution in [0.15, 0.2) is 54.6 Å². The predicted octanol–water partition coefficient (Wildman–Crippen LogP) is 5.61. The number of nitrogens with one attached hydrogen (secondary N) is 1. The highest BCUT2D eigenvalue weighted by Crippen LogP contribution is 2.40. The normalized spacial score (nSPS) is 15.3. The second-order valence-corrected chi connectivity index (χ2v) is 7.55. The number of nitrogens with zero attached hydrogens (tertiary/aromatic N) is 2. The number of benzene rings is 2. The van der Waals surface area contributed by atoms with E-state index in [1.807, 2.05) is 18.2 Å². The average molecular weight is 441 g/mol. The molecule has 0 bridgehead atoms. The van der Waals surface area contributed by atoms with Crippen LogP contribution >= 0.6 is 0 Å². The molecule has 3 heterocycles. The van der Waals surface area contributed by atoms with Crippen LogP contribution in [0.2, 0.25) is 0 Å². The Balaban J connectivity index is 1.45. The Bertz CT molecular complexity index is 1190. The summed E-state index contributed by atoms with van der Waals surface area (Å²) in [5, 5.41) is 2.60. The number of anilines is 2. The van der Waals surface area contributed by atoms with E-state index in [0.717, 1.165) is 49.4 Å². The Morgan fingerprint density at radius 2 is 1.78 bits per heavy atom. The van der Waals surface area contributed by atoms with E-state index < -0.39 is 18.0 Å².